The first kappa shape index (κ1) is 17.1. The van der Waals surface area contributed by atoms with E-state index < -0.39 is 0 Å². The molecule has 128 valence electrons. The van der Waals surface area contributed by atoms with Gasteiger partial charge in [-0.15, -0.1) is 11.3 Å². The highest BCUT2D eigenvalue weighted by molar-refractivity contribution is 7.14. The number of anilines is 1. The van der Waals surface area contributed by atoms with Crippen LogP contribution in [0.2, 0.25) is 0 Å². The van der Waals surface area contributed by atoms with E-state index in [0.29, 0.717) is 24.6 Å². The normalized spacial score (nSPS) is 10.4. The largest absolute Gasteiger partial charge is 0.494 e. The van der Waals surface area contributed by atoms with Crippen LogP contribution in [0.3, 0.4) is 0 Å². The van der Waals surface area contributed by atoms with Crippen LogP contribution in [0.25, 0.3) is 11.4 Å². The molecular formula is C19H19N3O2S. The fourth-order valence-electron chi connectivity index (χ4n) is 2.20. The highest BCUT2D eigenvalue weighted by Crippen LogP contribution is 2.23. The molecule has 0 bridgehead atoms. The third kappa shape index (κ3) is 5.12. The molecule has 0 aliphatic carbocycles. The van der Waals surface area contributed by atoms with E-state index in [0.717, 1.165) is 17.1 Å². The van der Waals surface area contributed by atoms with Crippen molar-refractivity contribution in [3.8, 4) is 17.1 Å². The summed E-state index contributed by atoms with van der Waals surface area (Å²) in [6, 6.07) is 13.5. The van der Waals surface area contributed by atoms with Crippen molar-refractivity contribution < 1.29 is 9.53 Å². The van der Waals surface area contributed by atoms with Gasteiger partial charge in [-0.3, -0.25) is 9.78 Å². The highest BCUT2D eigenvalue weighted by atomic mass is 32.1. The van der Waals surface area contributed by atoms with Gasteiger partial charge < -0.3 is 10.1 Å². The van der Waals surface area contributed by atoms with Gasteiger partial charge in [-0.1, -0.05) is 23.8 Å². The van der Waals surface area contributed by atoms with Crippen LogP contribution >= 0.6 is 11.3 Å². The van der Waals surface area contributed by atoms with Gasteiger partial charge in [-0.05, 0) is 37.6 Å². The van der Waals surface area contributed by atoms with Crippen molar-refractivity contribution in [2.24, 2.45) is 0 Å². The number of amides is 1. The number of hydrogen-bond donors (Lipinski definition) is 1. The predicted molar refractivity (Wildman–Crippen MR) is 99.9 cm³/mol. The number of thiazole rings is 1. The number of aryl methyl sites for hydroxylation is 1. The Morgan fingerprint density at radius 3 is 2.76 bits per heavy atom. The lowest BCUT2D eigenvalue weighted by Gasteiger charge is -2.06. The van der Waals surface area contributed by atoms with Gasteiger partial charge in [0.15, 0.2) is 5.13 Å². The van der Waals surface area contributed by atoms with Crippen LogP contribution in [0, 0.1) is 6.92 Å². The number of carbonyl (C=O) groups excluding carboxylic acids is 1. The molecule has 3 rings (SSSR count). The van der Waals surface area contributed by atoms with Gasteiger partial charge in [-0.25, -0.2) is 4.98 Å². The van der Waals surface area contributed by atoms with E-state index in [-0.39, 0.29) is 5.91 Å². The minimum atomic E-state index is -0.0607. The Bertz CT molecular complexity index is 816. The van der Waals surface area contributed by atoms with Crippen molar-refractivity contribution >= 4 is 22.4 Å². The zero-order valence-corrected chi connectivity index (χ0v) is 14.8. The van der Waals surface area contributed by atoms with E-state index >= 15 is 0 Å². The van der Waals surface area contributed by atoms with E-state index in [1.54, 1.807) is 6.20 Å². The Hall–Kier alpha value is -2.73. The van der Waals surface area contributed by atoms with Crippen LogP contribution in [0.5, 0.6) is 5.75 Å². The summed E-state index contributed by atoms with van der Waals surface area (Å²) in [5, 5.41) is 5.30. The molecule has 0 aliphatic heterocycles. The summed E-state index contributed by atoms with van der Waals surface area (Å²) in [4.78, 5) is 20.6. The number of benzene rings is 1. The quantitative estimate of drug-likeness (QED) is 0.643. The number of hydrogen-bond acceptors (Lipinski definition) is 5. The molecule has 0 aliphatic rings. The molecule has 0 spiro atoms. The predicted octanol–water partition coefficient (Wildman–Crippen LogP) is 4.31. The van der Waals surface area contributed by atoms with Crippen molar-refractivity contribution in [2.45, 2.75) is 19.8 Å². The molecule has 0 fully saturated rings. The molecule has 6 heteroatoms. The standard InChI is InChI=1S/C19H19N3O2S/c1-14-7-9-15(10-8-14)24-12-4-6-18(23)22-19-21-17(13-25-19)16-5-2-3-11-20-16/h2-3,5,7-11,13H,4,6,12H2,1H3,(H,21,22,23). The molecule has 2 heterocycles. The molecule has 1 aromatic carbocycles. The Kier molecular flexibility index (Phi) is 5.74. The van der Waals surface area contributed by atoms with Crippen LogP contribution in [0.15, 0.2) is 54.0 Å². The lowest BCUT2D eigenvalue weighted by Crippen LogP contribution is -2.12. The number of aromatic nitrogens is 2. The highest BCUT2D eigenvalue weighted by Gasteiger charge is 2.08. The fraction of sp³-hybridized carbons (Fsp3) is 0.211. The zero-order chi connectivity index (χ0) is 17.5. The summed E-state index contributed by atoms with van der Waals surface area (Å²) >= 11 is 1.40. The number of carbonyl (C=O) groups is 1. The summed E-state index contributed by atoms with van der Waals surface area (Å²) in [6.45, 7) is 2.54. The van der Waals surface area contributed by atoms with Crippen molar-refractivity contribution in [1.82, 2.24) is 9.97 Å². The number of nitrogens with zero attached hydrogens (tertiary/aromatic N) is 2. The van der Waals surface area contributed by atoms with Gasteiger partial charge >= 0.3 is 0 Å². The molecule has 25 heavy (non-hydrogen) atoms. The molecule has 0 saturated carbocycles. The SMILES string of the molecule is Cc1ccc(OCCCC(=O)Nc2nc(-c3ccccn3)cs2)cc1. The van der Waals surface area contributed by atoms with Crippen LogP contribution in [0.4, 0.5) is 5.13 Å². The lowest BCUT2D eigenvalue weighted by atomic mass is 10.2. The van der Waals surface area contributed by atoms with Gasteiger partial charge in [0, 0.05) is 18.0 Å². The third-order valence-corrected chi connectivity index (χ3v) is 4.27. The Labute approximate surface area is 150 Å². The van der Waals surface area contributed by atoms with E-state index in [4.69, 9.17) is 4.74 Å². The lowest BCUT2D eigenvalue weighted by molar-refractivity contribution is -0.116. The fourth-order valence-corrected chi connectivity index (χ4v) is 2.92. The molecule has 0 saturated heterocycles. The minimum Gasteiger partial charge on any atom is -0.494 e. The first-order valence-electron chi connectivity index (χ1n) is 8.07. The smallest absolute Gasteiger partial charge is 0.226 e. The third-order valence-electron chi connectivity index (χ3n) is 3.52. The number of ether oxygens (including phenoxy) is 1. The first-order valence-corrected chi connectivity index (χ1v) is 8.95. The molecule has 0 atom stereocenters. The van der Waals surface area contributed by atoms with Crippen LogP contribution in [0.1, 0.15) is 18.4 Å². The number of pyridine rings is 1. The topological polar surface area (TPSA) is 64.1 Å². The number of nitrogens with one attached hydrogen (secondary N) is 1. The van der Waals surface area contributed by atoms with Crippen molar-refractivity contribution in [2.75, 3.05) is 11.9 Å². The van der Waals surface area contributed by atoms with Crippen molar-refractivity contribution in [3.05, 3.63) is 59.6 Å². The maximum Gasteiger partial charge on any atom is 0.226 e. The van der Waals surface area contributed by atoms with Gasteiger partial charge in [0.1, 0.15) is 11.4 Å². The molecule has 2 aromatic heterocycles. The summed E-state index contributed by atoms with van der Waals surface area (Å²) in [5.74, 6) is 0.764. The van der Waals surface area contributed by atoms with Crippen LogP contribution in [-0.2, 0) is 4.79 Å². The Morgan fingerprint density at radius 2 is 2.00 bits per heavy atom. The average molecular weight is 353 g/mol. The molecule has 3 aromatic rings. The maximum atomic E-state index is 12.0. The van der Waals surface area contributed by atoms with E-state index in [1.807, 2.05) is 54.8 Å². The average Bonchev–Trinajstić information content (AvgIpc) is 3.09. The first-order chi connectivity index (χ1) is 12.2. The molecule has 1 N–H and O–H groups in total. The van der Waals surface area contributed by atoms with E-state index in [9.17, 15) is 4.79 Å². The minimum absolute atomic E-state index is 0.0607. The molecular weight excluding hydrogens is 334 g/mol. The second-order valence-electron chi connectivity index (χ2n) is 5.57. The van der Waals surface area contributed by atoms with E-state index in [1.165, 1.54) is 16.9 Å². The monoisotopic (exact) mass is 353 g/mol. The summed E-state index contributed by atoms with van der Waals surface area (Å²) < 4.78 is 5.62. The molecule has 0 radical (unpaired) electrons. The van der Waals surface area contributed by atoms with Crippen molar-refractivity contribution in [1.29, 1.82) is 0 Å². The second kappa shape index (κ2) is 8.39. The van der Waals surface area contributed by atoms with Gasteiger partial charge in [-0.2, -0.15) is 0 Å². The summed E-state index contributed by atoms with van der Waals surface area (Å²) in [6.07, 6.45) is 2.77. The number of rotatable bonds is 7. The zero-order valence-electron chi connectivity index (χ0n) is 13.9. The van der Waals surface area contributed by atoms with Crippen molar-refractivity contribution in [3.63, 3.8) is 0 Å². The summed E-state index contributed by atoms with van der Waals surface area (Å²) in [5.41, 5.74) is 2.76. The molecule has 5 nitrogen and oxygen atoms in total. The van der Waals surface area contributed by atoms with Crippen LogP contribution < -0.4 is 10.1 Å². The molecule has 0 unspecified atom stereocenters. The second-order valence-corrected chi connectivity index (χ2v) is 6.42. The van der Waals surface area contributed by atoms with Crippen LogP contribution in [-0.4, -0.2) is 22.5 Å². The van der Waals surface area contributed by atoms with Gasteiger partial charge in [0.25, 0.3) is 0 Å². The van der Waals surface area contributed by atoms with E-state index in [2.05, 4.69) is 15.3 Å². The maximum absolute atomic E-state index is 12.0. The molecule has 1 amide bonds. The van der Waals surface area contributed by atoms with Gasteiger partial charge in [0.2, 0.25) is 5.91 Å². The Morgan fingerprint density at radius 1 is 1.16 bits per heavy atom. The Balaban J connectivity index is 1.42. The summed E-state index contributed by atoms with van der Waals surface area (Å²) in [7, 11) is 0. The van der Waals surface area contributed by atoms with Gasteiger partial charge in [0.05, 0.1) is 12.3 Å².